The predicted octanol–water partition coefficient (Wildman–Crippen LogP) is 4.64. The van der Waals surface area contributed by atoms with Gasteiger partial charge in [0.05, 0.1) is 24.0 Å². The average molecular weight is 440 g/mol. The Bertz CT molecular complexity index is 1540. The number of hydrogen-bond donors (Lipinski definition) is 0. The monoisotopic (exact) mass is 439 g/mol. The number of aromatic nitrogens is 7. The van der Waals surface area contributed by atoms with Gasteiger partial charge in [-0.15, -0.1) is 10.2 Å². The van der Waals surface area contributed by atoms with Crippen LogP contribution in [0.15, 0.2) is 87.9 Å². The lowest BCUT2D eigenvalue weighted by atomic mass is 10.2. The Morgan fingerprint density at radius 1 is 1.03 bits per heavy atom. The zero-order chi connectivity index (χ0) is 21.5. The van der Waals surface area contributed by atoms with Gasteiger partial charge in [0.25, 0.3) is 0 Å². The minimum absolute atomic E-state index is 0.499. The second-order valence-corrected chi connectivity index (χ2v) is 8.26. The van der Waals surface area contributed by atoms with E-state index < -0.39 is 0 Å². The van der Waals surface area contributed by atoms with E-state index in [4.69, 9.17) is 9.40 Å². The van der Waals surface area contributed by atoms with Gasteiger partial charge in [0.15, 0.2) is 16.6 Å². The molecule has 156 valence electrons. The Kier molecular flexibility index (Phi) is 4.46. The van der Waals surface area contributed by atoms with E-state index in [-0.39, 0.29) is 0 Å². The molecule has 9 heteroatoms. The van der Waals surface area contributed by atoms with Crippen LogP contribution < -0.4 is 0 Å². The van der Waals surface area contributed by atoms with E-state index in [1.807, 2.05) is 58.5 Å². The number of pyridine rings is 1. The van der Waals surface area contributed by atoms with E-state index in [9.17, 15) is 0 Å². The third kappa shape index (κ3) is 3.23. The molecule has 0 fully saturated rings. The molecule has 0 spiro atoms. The van der Waals surface area contributed by atoms with Crippen molar-refractivity contribution in [2.45, 2.75) is 23.7 Å². The second kappa shape index (κ2) is 7.61. The molecule has 0 N–H and O–H groups in total. The molecule has 1 aromatic carbocycles. The van der Waals surface area contributed by atoms with Crippen LogP contribution in [0.3, 0.4) is 0 Å². The highest BCUT2D eigenvalue weighted by Gasteiger charge is 2.19. The molecule has 0 saturated heterocycles. The summed E-state index contributed by atoms with van der Waals surface area (Å²) >= 11 is 1.48. The Labute approximate surface area is 187 Å². The molecular formula is C23H17N7OS. The molecule has 0 aliphatic rings. The van der Waals surface area contributed by atoms with Gasteiger partial charge in [-0.3, -0.25) is 9.55 Å². The molecule has 0 aliphatic heterocycles. The van der Waals surface area contributed by atoms with E-state index in [1.54, 1.807) is 18.7 Å². The predicted molar refractivity (Wildman–Crippen MR) is 120 cm³/mol. The highest BCUT2D eigenvalue weighted by Crippen LogP contribution is 2.34. The van der Waals surface area contributed by atoms with Crippen molar-refractivity contribution in [1.29, 1.82) is 0 Å². The summed E-state index contributed by atoms with van der Waals surface area (Å²) < 4.78 is 9.51. The summed E-state index contributed by atoms with van der Waals surface area (Å²) in [5.41, 5.74) is 3.61. The van der Waals surface area contributed by atoms with Crippen LogP contribution in [0, 0.1) is 6.92 Å². The zero-order valence-electron chi connectivity index (χ0n) is 17.1. The number of nitrogens with zero attached hydrogens (tertiary/aromatic N) is 7. The molecule has 32 heavy (non-hydrogen) atoms. The first-order valence-corrected chi connectivity index (χ1v) is 10.9. The van der Waals surface area contributed by atoms with Gasteiger partial charge >= 0.3 is 0 Å². The molecule has 0 radical (unpaired) electrons. The van der Waals surface area contributed by atoms with Crippen molar-refractivity contribution in [1.82, 2.24) is 34.3 Å². The fourth-order valence-electron chi connectivity index (χ4n) is 3.68. The van der Waals surface area contributed by atoms with Crippen molar-refractivity contribution < 1.29 is 4.42 Å². The van der Waals surface area contributed by atoms with Gasteiger partial charge < -0.3 is 4.42 Å². The van der Waals surface area contributed by atoms with Gasteiger partial charge in [0, 0.05) is 29.4 Å². The van der Waals surface area contributed by atoms with Gasteiger partial charge in [0.2, 0.25) is 0 Å². The number of para-hydroxylation sites is 1. The minimum atomic E-state index is 0.499. The second-order valence-electron chi connectivity index (χ2n) is 7.31. The largest absolute Gasteiger partial charge is 0.467 e. The third-order valence-corrected chi connectivity index (χ3v) is 6.10. The van der Waals surface area contributed by atoms with Crippen LogP contribution in [0.25, 0.3) is 27.9 Å². The SMILES string of the molecule is Cc1cc2nc(Sc3nnc(-c4cccnc4)n3Cc3ccco3)c3ccccc3n2n1. The lowest BCUT2D eigenvalue weighted by molar-refractivity contribution is 0.485. The van der Waals surface area contributed by atoms with Crippen molar-refractivity contribution >= 4 is 28.3 Å². The van der Waals surface area contributed by atoms with E-state index in [1.165, 1.54) is 11.8 Å². The Balaban J connectivity index is 1.50. The molecule has 8 nitrogen and oxygen atoms in total. The highest BCUT2D eigenvalue weighted by molar-refractivity contribution is 7.99. The van der Waals surface area contributed by atoms with Crippen molar-refractivity contribution in [3.8, 4) is 11.4 Å². The van der Waals surface area contributed by atoms with Crippen molar-refractivity contribution in [2.75, 3.05) is 0 Å². The number of rotatable bonds is 5. The maximum atomic E-state index is 5.61. The summed E-state index contributed by atoms with van der Waals surface area (Å²) in [6.45, 7) is 2.47. The number of benzene rings is 1. The standard InChI is InChI=1S/C23H17N7OS/c1-15-12-20-25-22(18-8-2-3-9-19(18)30(20)28-15)32-23-27-26-21(16-6-4-10-24-13-16)29(23)14-17-7-5-11-31-17/h2-13H,14H2,1H3. The summed E-state index contributed by atoms with van der Waals surface area (Å²) in [6, 6.07) is 17.8. The Hall–Kier alpha value is -3.98. The van der Waals surface area contributed by atoms with Crippen LogP contribution in [-0.4, -0.2) is 34.3 Å². The van der Waals surface area contributed by atoms with E-state index in [0.717, 1.165) is 49.6 Å². The van der Waals surface area contributed by atoms with Crippen LogP contribution in [0.2, 0.25) is 0 Å². The summed E-state index contributed by atoms with van der Waals surface area (Å²) in [6.07, 6.45) is 5.19. The number of hydrogen-bond acceptors (Lipinski definition) is 7. The summed E-state index contributed by atoms with van der Waals surface area (Å²) in [7, 11) is 0. The first-order valence-electron chi connectivity index (χ1n) is 10.1. The van der Waals surface area contributed by atoms with E-state index >= 15 is 0 Å². The van der Waals surface area contributed by atoms with E-state index in [2.05, 4.69) is 32.4 Å². The normalized spacial score (nSPS) is 11.5. The zero-order valence-corrected chi connectivity index (χ0v) is 17.9. The van der Waals surface area contributed by atoms with Crippen molar-refractivity contribution in [2.24, 2.45) is 0 Å². The first kappa shape index (κ1) is 18.8. The molecular weight excluding hydrogens is 422 g/mol. The summed E-state index contributed by atoms with van der Waals surface area (Å²) in [5, 5.41) is 16.1. The van der Waals surface area contributed by atoms with Crippen LogP contribution in [-0.2, 0) is 6.54 Å². The molecule has 5 heterocycles. The quantitative estimate of drug-likeness (QED) is 0.362. The average Bonchev–Trinajstić information content (AvgIpc) is 3.56. The number of furan rings is 1. The van der Waals surface area contributed by atoms with Gasteiger partial charge in [-0.1, -0.05) is 18.2 Å². The molecule has 0 aliphatic carbocycles. The molecule has 6 aromatic rings. The van der Waals surface area contributed by atoms with Gasteiger partial charge in [-0.25, -0.2) is 9.50 Å². The summed E-state index contributed by atoms with van der Waals surface area (Å²) in [4.78, 5) is 9.12. The lowest BCUT2D eigenvalue weighted by Crippen LogP contribution is -2.04. The van der Waals surface area contributed by atoms with Gasteiger partial charge in [-0.05, 0) is 49.0 Å². The molecule has 0 saturated carbocycles. The lowest BCUT2D eigenvalue weighted by Gasteiger charge is -2.10. The smallest absolute Gasteiger partial charge is 0.198 e. The number of aryl methyl sites for hydroxylation is 1. The molecule has 0 bridgehead atoms. The van der Waals surface area contributed by atoms with E-state index in [0.29, 0.717) is 6.54 Å². The molecule has 6 rings (SSSR count). The van der Waals surface area contributed by atoms with Crippen molar-refractivity contribution in [3.63, 3.8) is 0 Å². The van der Waals surface area contributed by atoms with Crippen LogP contribution in [0.4, 0.5) is 0 Å². The van der Waals surface area contributed by atoms with Gasteiger partial charge in [-0.2, -0.15) is 5.10 Å². The molecule has 0 amide bonds. The third-order valence-electron chi connectivity index (χ3n) is 5.11. The van der Waals surface area contributed by atoms with Crippen molar-refractivity contribution in [3.05, 3.63) is 84.7 Å². The maximum absolute atomic E-state index is 5.61. The topological polar surface area (TPSA) is 86.9 Å². The maximum Gasteiger partial charge on any atom is 0.198 e. The van der Waals surface area contributed by atoms with Crippen LogP contribution in [0.5, 0.6) is 0 Å². The fraction of sp³-hybridized carbons (Fsp3) is 0.0870. The first-order chi connectivity index (χ1) is 15.8. The molecule has 0 atom stereocenters. The fourth-order valence-corrected chi connectivity index (χ4v) is 4.62. The summed E-state index contributed by atoms with van der Waals surface area (Å²) in [5.74, 6) is 1.54. The van der Waals surface area contributed by atoms with Crippen LogP contribution >= 0.6 is 11.8 Å². The Morgan fingerprint density at radius 2 is 1.97 bits per heavy atom. The molecule has 0 unspecified atom stereocenters. The minimum Gasteiger partial charge on any atom is -0.467 e. The van der Waals surface area contributed by atoms with Crippen LogP contribution in [0.1, 0.15) is 11.5 Å². The molecule has 5 aromatic heterocycles. The highest BCUT2D eigenvalue weighted by atomic mass is 32.2. The Morgan fingerprint density at radius 3 is 2.81 bits per heavy atom. The van der Waals surface area contributed by atoms with Gasteiger partial charge in [0.1, 0.15) is 10.8 Å². The number of fused-ring (bicyclic) bond motifs is 3.